The van der Waals surface area contributed by atoms with E-state index in [0.717, 1.165) is 0 Å². The second kappa shape index (κ2) is 4.52. The van der Waals surface area contributed by atoms with Crippen LogP contribution in [0.1, 0.15) is 19.8 Å². The number of aliphatic hydroxyl groups is 1. The number of aliphatic hydroxyl groups excluding tert-OH is 1. The Morgan fingerprint density at radius 2 is 2.20 bits per heavy atom. The molecule has 0 saturated carbocycles. The molecule has 4 heteroatoms. The zero-order valence-electron chi connectivity index (χ0n) is 5.75. The fourth-order valence-corrected chi connectivity index (χ4v) is 0.627. The number of alkyl halides is 1. The van der Waals surface area contributed by atoms with Gasteiger partial charge < -0.3 is 10.2 Å². The minimum atomic E-state index is -0.906. The van der Waals surface area contributed by atoms with Crippen molar-refractivity contribution in [2.75, 3.05) is 0 Å². The number of aliphatic carboxylic acids is 1. The maximum atomic E-state index is 9.97. The molecular weight excluding hydrogens is 156 g/mol. The summed E-state index contributed by atoms with van der Waals surface area (Å²) in [6.07, 6.45) is -0.518. The van der Waals surface area contributed by atoms with Gasteiger partial charge in [-0.3, -0.25) is 4.79 Å². The van der Waals surface area contributed by atoms with Crippen LogP contribution in [0.25, 0.3) is 0 Å². The molecule has 0 fully saturated rings. The van der Waals surface area contributed by atoms with Crippen LogP contribution < -0.4 is 0 Å². The van der Waals surface area contributed by atoms with E-state index in [2.05, 4.69) is 0 Å². The molecular formula is C6H11ClO3. The fourth-order valence-electron chi connectivity index (χ4n) is 0.501. The normalized spacial score (nSPS) is 16.3. The van der Waals surface area contributed by atoms with Crippen LogP contribution >= 0.6 is 11.6 Å². The Kier molecular flexibility index (Phi) is 4.40. The summed E-state index contributed by atoms with van der Waals surface area (Å²) in [4.78, 5) is 9.97. The second-order valence-corrected chi connectivity index (χ2v) is 2.87. The maximum absolute atomic E-state index is 9.97. The van der Waals surface area contributed by atoms with Crippen LogP contribution in [-0.2, 0) is 4.79 Å². The third kappa shape index (κ3) is 4.58. The third-order valence-electron chi connectivity index (χ3n) is 1.18. The standard InChI is InChI=1S/C6H11ClO3/c1-4(7)5(8)2-3-6(9)10/h4-5,8H,2-3H2,1H3,(H,9,10). The Morgan fingerprint density at radius 3 is 2.50 bits per heavy atom. The van der Waals surface area contributed by atoms with Gasteiger partial charge in [0.1, 0.15) is 0 Å². The Labute approximate surface area is 64.6 Å². The van der Waals surface area contributed by atoms with Crippen LogP contribution in [0.5, 0.6) is 0 Å². The zero-order chi connectivity index (χ0) is 8.15. The van der Waals surface area contributed by atoms with Crippen molar-refractivity contribution in [2.24, 2.45) is 0 Å². The molecule has 3 nitrogen and oxygen atoms in total. The predicted octanol–water partition coefficient (Wildman–Crippen LogP) is 0.839. The van der Waals surface area contributed by atoms with E-state index in [-0.39, 0.29) is 18.2 Å². The lowest BCUT2D eigenvalue weighted by Gasteiger charge is -2.09. The molecule has 0 aliphatic rings. The molecule has 0 rings (SSSR count). The Balaban J connectivity index is 3.39. The van der Waals surface area contributed by atoms with Crippen LogP contribution in [0.4, 0.5) is 0 Å². The minimum absolute atomic E-state index is 0.0295. The summed E-state index contributed by atoms with van der Waals surface area (Å²) in [6.45, 7) is 1.63. The topological polar surface area (TPSA) is 57.5 Å². The van der Waals surface area contributed by atoms with Gasteiger partial charge in [0.15, 0.2) is 0 Å². The largest absolute Gasteiger partial charge is 0.481 e. The Bertz CT molecular complexity index is 114. The molecule has 0 heterocycles. The van der Waals surface area contributed by atoms with Crippen molar-refractivity contribution >= 4 is 17.6 Å². The molecule has 60 valence electrons. The smallest absolute Gasteiger partial charge is 0.303 e. The van der Waals surface area contributed by atoms with Crippen molar-refractivity contribution in [1.29, 1.82) is 0 Å². The highest BCUT2D eigenvalue weighted by atomic mass is 35.5. The molecule has 0 aromatic rings. The first-order valence-corrected chi connectivity index (χ1v) is 3.51. The number of carboxylic acid groups (broad SMARTS) is 1. The van der Waals surface area contributed by atoms with E-state index in [4.69, 9.17) is 21.8 Å². The Morgan fingerprint density at radius 1 is 1.70 bits per heavy atom. The number of hydrogen-bond donors (Lipinski definition) is 2. The molecule has 2 atom stereocenters. The number of carboxylic acids is 1. The lowest BCUT2D eigenvalue weighted by atomic mass is 10.1. The molecule has 0 amide bonds. The van der Waals surface area contributed by atoms with E-state index >= 15 is 0 Å². The lowest BCUT2D eigenvalue weighted by Crippen LogP contribution is -2.18. The summed E-state index contributed by atoms with van der Waals surface area (Å²) >= 11 is 5.47. The van der Waals surface area contributed by atoms with E-state index in [0.29, 0.717) is 0 Å². The molecule has 0 aromatic heterocycles. The van der Waals surface area contributed by atoms with Crippen molar-refractivity contribution < 1.29 is 15.0 Å². The maximum Gasteiger partial charge on any atom is 0.303 e. The molecule has 0 radical (unpaired) electrons. The van der Waals surface area contributed by atoms with Gasteiger partial charge in [-0.1, -0.05) is 0 Å². The third-order valence-corrected chi connectivity index (χ3v) is 1.48. The van der Waals surface area contributed by atoms with Crippen LogP contribution in [0.15, 0.2) is 0 Å². The van der Waals surface area contributed by atoms with E-state index in [1.165, 1.54) is 0 Å². The predicted molar refractivity (Wildman–Crippen MR) is 38.2 cm³/mol. The van der Waals surface area contributed by atoms with Crippen molar-refractivity contribution in [3.05, 3.63) is 0 Å². The minimum Gasteiger partial charge on any atom is -0.481 e. The van der Waals surface area contributed by atoms with Gasteiger partial charge in [0.25, 0.3) is 0 Å². The average molecular weight is 167 g/mol. The summed E-state index contributed by atoms with van der Waals surface area (Å²) in [5.74, 6) is -0.906. The number of carbonyl (C=O) groups is 1. The van der Waals surface area contributed by atoms with Crippen LogP contribution in [0.2, 0.25) is 0 Å². The van der Waals surface area contributed by atoms with E-state index in [9.17, 15) is 4.79 Å². The summed E-state index contributed by atoms with van der Waals surface area (Å²) < 4.78 is 0. The summed E-state index contributed by atoms with van der Waals surface area (Å²) in [5, 5.41) is 16.8. The molecule has 0 bridgehead atoms. The molecule has 10 heavy (non-hydrogen) atoms. The van der Waals surface area contributed by atoms with Crippen molar-refractivity contribution in [2.45, 2.75) is 31.2 Å². The van der Waals surface area contributed by atoms with Gasteiger partial charge in [-0.25, -0.2) is 0 Å². The first-order chi connectivity index (χ1) is 4.54. The van der Waals surface area contributed by atoms with E-state index in [1.54, 1.807) is 6.92 Å². The second-order valence-electron chi connectivity index (χ2n) is 2.18. The zero-order valence-corrected chi connectivity index (χ0v) is 6.51. The van der Waals surface area contributed by atoms with Crippen LogP contribution in [0.3, 0.4) is 0 Å². The first kappa shape index (κ1) is 9.72. The van der Waals surface area contributed by atoms with Crippen molar-refractivity contribution in [3.8, 4) is 0 Å². The highest BCUT2D eigenvalue weighted by Gasteiger charge is 2.11. The van der Waals surface area contributed by atoms with Gasteiger partial charge in [-0.05, 0) is 13.3 Å². The van der Waals surface area contributed by atoms with Gasteiger partial charge in [0.05, 0.1) is 11.5 Å². The van der Waals surface area contributed by atoms with E-state index < -0.39 is 12.1 Å². The van der Waals surface area contributed by atoms with E-state index in [1.807, 2.05) is 0 Å². The SMILES string of the molecule is CC(Cl)C(O)CCC(=O)O. The molecule has 2 unspecified atom stereocenters. The summed E-state index contributed by atoms with van der Waals surface area (Å²) in [7, 11) is 0. The quantitative estimate of drug-likeness (QED) is 0.609. The summed E-state index contributed by atoms with van der Waals surface area (Å²) in [6, 6.07) is 0. The molecule has 2 N–H and O–H groups in total. The molecule has 0 aliphatic heterocycles. The van der Waals surface area contributed by atoms with Gasteiger partial charge in [-0.15, -0.1) is 11.6 Å². The van der Waals surface area contributed by atoms with Crippen LogP contribution in [0, 0.1) is 0 Å². The van der Waals surface area contributed by atoms with Gasteiger partial charge >= 0.3 is 5.97 Å². The van der Waals surface area contributed by atoms with Crippen molar-refractivity contribution in [3.63, 3.8) is 0 Å². The van der Waals surface area contributed by atoms with Crippen LogP contribution in [-0.4, -0.2) is 27.7 Å². The van der Waals surface area contributed by atoms with Gasteiger partial charge in [-0.2, -0.15) is 0 Å². The molecule has 0 aromatic carbocycles. The highest BCUT2D eigenvalue weighted by Crippen LogP contribution is 2.07. The molecule has 0 aliphatic carbocycles. The number of hydrogen-bond acceptors (Lipinski definition) is 2. The average Bonchev–Trinajstić information content (AvgIpc) is 1.82. The van der Waals surface area contributed by atoms with Crippen molar-refractivity contribution in [1.82, 2.24) is 0 Å². The first-order valence-electron chi connectivity index (χ1n) is 3.08. The fraction of sp³-hybridized carbons (Fsp3) is 0.833. The number of rotatable bonds is 4. The Hall–Kier alpha value is -0.280. The van der Waals surface area contributed by atoms with Gasteiger partial charge in [0, 0.05) is 6.42 Å². The molecule has 0 saturated heterocycles. The monoisotopic (exact) mass is 166 g/mol. The lowest BCUT2D eigenvalue weighted by molar-refractivity contribution is -0.137. The summed E-state index contributed by atoms with van der Waals surface area (Å²) in [5.41, 5.74) is 0. The number of halogens is 1. The van der Waals surface area contributed by atoms with Gasteiger partial charge in [0.2, 0.25) is 0 Å². The highest BCUT2D eigenvalue weighted by molar-refractivity contribution is 6.20. The molecule has 0 spiro atoms.